The monoisotopic (exact) mass is 597 g/mol. The molecule has 0 radical (unpaired) electrons. The zero-order chi connectivity index (χ0) is 29.8. The smallest absolute Gasteiger partial charge is 0.459 e. The molecule has 1 saturated heterocycles. The number of hydrogen-bond acceptors (Lipinski definition) is 12. The number of hydrogen-bond donors (Lipinski definition) is 4. The molecule has 0 saturated carbocycles. The van der Waals surface area contributed by atoms with Crippen LogP contribution in [-0.2, 0) is 28.1 Å². The first-order valence-electron chi connectivity index (χ1n) is 12.7. The summed E-state index contributed by atoms with van der Waals surface area (Å²) < 4.78 is 57.1. The number of fused-ring (bicyclic) bond motifs is 1. The van der Waals surface area contributed by atoms with Crippen molar-refractivity contribution in [1.82, 2.24) is 19.7 Å². The quantitative estimate of drug-likeness (QED) is 0.164. The topological polar surface area (TPSA) is 189 Å². The number of methoxy groups -OCH3 is 1. The molecule has 4 rings (SSSR count). The van der Waals surface area contributed by atoms with Gasteiger partial charge in [0.1, 0.15) is 60.8 Å². The van der Waals surface area contributed by atoms with Crippen molar-refractivity contribution in [3.05, 3.63) is 54.5 Å². The lowest BCUT2D eigenvalue weighted by atomic mass is 9.96. The normalized spacial score (nSPS) is 25.5. The predicted molar refractivity (Wildman–Crippen MR) is 143 cm³/mol. The second kappa shape index (κ2) is 12.8. The van der Waals surface area contributed by atoms with Gasteiger partial charge in [-0.1, -0.05) is 18.2 Å². The molecule has 224 valence electrons. The first-order chi connectivity index (χ1) is 19.5. The number of aliphatic hydroxyl groups is 2. The number of para-hydroxylation sites is 1. The van der Waals surface area contributed by atoms with Gasteiger partial charge in [-0.25, -0.2) is 18.5 Å². The van der Waals surface area contributed by atoms with Gasteiger partial charge in [-0.05, 0) is 38.1 Å². The Morgan fingerprint density at radius 2 is 2.00 bits per heavy atom. The molecular formula is C25H33FN5O9P. The van der Waals surface area contributed by atoms with Gasteiger partial charge in [0.2, 0.25) is 0 Å². The van der Waals surface area contributed by atoms with Crippen LogP contribution in [-0.4, -0.2) is 87.7 Å². The lowest BCUT2D eigenvalue weighted by Crippen LogP contribution is -2.49. The summed E-state index contributed by atoms with van der Waals surface area (Å²) in [4.78, 5) is 16.4. The molecule has 3 heterocycles. The SMILES string of the molecule is COC(C)COC(=O)[C@@H](C)NP(=O)(OC[C@@]1(CF)O[C@@H](c2ccc3c(N)ncnn23)[C@H](O)[C@@H]1O)Oc1ccccc1. The molecule has 0 aliphatic carbocycles. The molecule has 16 heteroatoms. The van der Waals surface area contributed by atoms with Crippen LogP contribution in [0, 0.1) is 0 Å². The fraction of sp³-hybridized carbons (Fsp3) is 0.480. The van der Waals surface area contributed by atoms with Crippen LogP contribution in [0.15, 0.2) is 48.8 Å². The number of nitrogens with one attached hydrogen (secondary N) is 1. The lowest BCUT2D eigenvalue weighted by molar-refractivity contribution is -0.148. The van der Waals surface area contributed by atoms with Gasteiger partial charge in [-0.3, -0.25) is 9.32 Å². The van der Waals surface area contributed by atoms with E-state index in [1.165, 1.54) is 37.0 Å². The van der Waals surface area contributed by atoms with E-state index in [0.29, 0.717) is 5.52 Å². The number of nitrogens with two attached hydrogens (primary N) is 1. The van der Waals surface area contributed by atoms with Crippen molar-refractivity contribution in [2.45, 2.75) is 49.9 Å². The molecule has 0 bridgehead atoms. The summed E-state index contributed by atoms with van der Waals surface area (Å²) in [6, 6.07) is 9.87. The summed E-state index contributed by atoms with van der Waals surface area (Å²) in [6.07, 6.45) is -3.88. The van der Waals surface area contributed by atoms with Crippen LogP contribution in [0.1, 0.15) is 25.6 Å². The van der Waals surface area contributed by atoms with Crippen molar-refractivity contribution < 1.29 is 47.2 Å². The largest absolute Gasteiger partial charge is 0.462 e. The number of aliphatic hydroxyl groups excluding tert-OH is 2. The molecular weight excluding hydrogens is 564 g/mol. The number of carbonyl (C=O) groups excluding carboxylic acids is 1. The molecule has 1 fully saturated rings. The number of aromatic nitrogens is 3. The molecule has 1 aromatic carbocycles. The van der Waals surface area contributed by atoms with Gasteiger partial charge in [0.05, 0.1) is 18.4 Å². The Morgan fingerprint density at radius 1 is 1.27 bits per heavy atom. The van der Waals surface area contributed by atoms with E-state index in [0.717, 1.165) is 0 Å². The molecule has 7 atom stereocenters. The van der Waals surface area contributed by atoms with Crippen molar-refractivity contribution in [2.24, 2.45) is 0 Å². The zero-order valence-electron chi connectivity index (χ0n) is 22.6. The Balaban J connectivity index is 1.55. The maximum absolute atomic E-state index is 14.6. The summed E-state index contributed by atoms with van der Waals surface area (Å²) in [6.45, 7) is 0.849. The Labute approximate surface area is 235 Å². The van der Waals surface area contributed by atoms with E-state index in [1.54, 1.807) is 37.3 Å². The third-order valence-corrected chi connectivity index (χ3v) is 8.20. The third kappa shape index (κ3) is 6.67. The van der Waals surface area contributed by atoms with E-state index < -0.39 is 57.0 Å². The number of benzene rings is 1. The van der Waals surface area contributed by atoms with E-state index >= 15 is 0 Å². The second-order valence-corrected chi connectivity index (χ2v) is 11.3. The molecule has 1 aliphatic rings. The molecule has 3 aromatic rings. The van der Waals surface area contributed by atoms with Crippen molar-refractivity contribution in [2.75, 3.05) is 32.7 Å². The van der Waals surface area contributed by atoms with Crippen molar-refractivity contribution in [3.63, 3.8) is 0 Å². The van der Waals surface area contributed by atoms with Crippen molar-refractivity contribution in [1.29, 1.82) is 0 Å². The van der Waals surface area contributed by atoms with Crippen molar-refractivity contribution >= 4 is 25.1 Å². The minimum absolute atomic E-state index is 0.0543. The summed E-state index contributed by atoms with van der Waals surface area (Å²) in [5, 5.41) is 28.3. The Morgan fingerprint density at radius 3 is 2.68 bits per heavy atom. The maximum Gasteiger partial charge on any atom is 0.459 e. The van der Waals surface area contributed by atoms with E-state index in [-0.39, 0.29) is 30.0 Å². The molecule has 41 heavy (non-hydrogen) atoms. The number of nitrogens with zero attached hydrogens (tertiary/aromatic N) is 3. The van der Waals surface area contributed by atoms with Gasteiger partial charge >= 0.3 is 13.7 Å². The van der Waals surface area contributed by atoms with E-state index in [2.05, 4.69) is 15.2 Å². The first kappa shape index (κ1) is 30.8. The molecule has 2 unspecified atom stereocenters. The Hall–Kier alpha value is -3.17. The van der Waals surface area contributed by atoms with Crippen LogP contribution in [0.25, 0.3) is 5.52 Å². The van der Waals surface area contributed by atoms with Gasteiger partial charge in [0, 0.05) is 7.11 Å². The second-order valence-electron chi connectivity index (χ2n) is 9.58. The van der Waals surface area contributed by atoms with Crippen LogP contribution >= 0.6 is 7.75 Å². The third-order valence-electron chi connectivity index (χ3n) is 6.58. The number of anilines is 1. The highest BCUT2D eigenvalue weighted by atomic mass is 31.2. The molecule has 2 aromatic heterocycles. The van der Waals surface area contributed by atoms with E-state index in [9.17, 15) is 24.0 Å². The number of carbonyl (C=O) groups is 1. The van der Waals surface area contributed by atoms with Gasteiger partial charge in [0.15, 0.2) is 5.82 Å². The standard InChI is InChI=1S/C25H33FN5O9P/c1-15(36-3)11-37-24(34)16(2)30-41(35,40-17-7-5-4-6-8-17)38-13-25(12-26)22(33)20(32)21(39-25)18-9-10-19-23(27)28-14-29-31(18)19/h4-10,14-16,20-22,32-33H,11-13H2,1-3H3,(H,30,35)(H2,27,28,29)/t15?,16-,20+,21+,22+,25-,41?/m1/s1. The van der Waals surface area contributed by atoms with Crippen LogP contribution in [0.2, 0.25) is 0 Å². The molecule has 0 amide bonds. The van der Waals surface area contributed by atoms with Gasteiger partial charge in [-0.15, -0.1) is 0 Å². The highest BCUT2D eigenvalue weighted by molar-refractivity contribution is 7.52. The Bertz CT molecular complexity index is 1380. The van der Waals surface area contributed by atoms with Crippen LogP contribution in [0.5, 0.6) is 5.75 Å². The summed E-state index contributed by atoms with van der Waals surface area (Å²) >= 11 is 0. The molecule has 14 nitrogen and oxygen atoms in total. The van der Waals surface area contributed by atoms with Gasteiger partial charge in [0.25, 0.3) is 0 Å². The fourth-order valence-corrected chi connectivity index (χ4v) is 5.70. The van der Waals surface area contributed by atoms with E-state index in [1.807, 2.05) is 0 Å². The number of nitrogen functional groups attached to an aromatic ring is 1. The number of halogens is 1. The predicted octanol–water partition coefficient (Wildman–Crippen LogP) is 1.57. The summed E-state index contributed by atoms with van der Waals surface area (Å²) in [5.74, 6) is -0.494. The highest BCUT2D eigenvalue weighted by Crippen LogP contribution is 2.48. The summed E-state index contributed by atoms with van der Waals surface area (Å²) in [7, 11) is -2.99. The average molecular weight is 598 g/mol. The Kier molecular flexibility index (Phi) is 9.59. The number of ether oxygens (including phenoxy) is 3. The average Bonchev–Trinajstić information content (AvgIpc) is 3.51. The van der Waals surface area contributed by atoms with Gasteiger partial charge < -0.3 is 34.7 Å². The van der Waals surface area contributed by atoms with Gasteiger partial charge in [-0.2, -0.15) is 10.2 Å². The van der Waals surface area contributed by atoms with Crippen LogP contribution in [0.3, 0.4) is 0 Å². The number of esters is 1. The minimum Gasteiger partial charge on any atom is -0.462 e. The molecule has 5 N–H and O–H groups in total. The fourth-order valence-electron chi connectivity index (χ4n) is 4.15. The highest BCUT2D eigenvalue weighted by Gasteiger charge is 2.57. The molecule has 1 aliphatic heterocycles. The maximum atomic E-state index is 14.6. The number of rotatable bonds is 13. The molecule has 0 spiro atoms. The lowest BCUT2D eigenvalue weighted by Gasteiger charge is -2.31. The van der Waals surface area contributed by atoms with Crippen LogP contribution < -0.4 is 15.3 Å². The zero-order valence-corrected chi connectivity index (χ0v) is 23.5. The minimum atomic E-state index is -4.45. The van der Waals surface area contributed by atoms with Crippen LogP contribution in [0.4, 0.5) is 10.2 Å². The number of alkyl halides is 1. The van der Waals surface area contributed by atoms with E-state index in [4.69, 9.17) is 29.0 Å². The summed E-state index contributed by atoms with van der Waals surface area (Å²) in [5.41, 5.74) is 4.38. The first-order valence-corrected chi connectivity index (χ1v) is 14.2. The van der Waals surface area contributed by atoms with Crippen molar-refractivity contribution in [3.8, 4) is 5.75 Å².